The summed E-state index contributed by atoms with van der Waals surface area (Å²) in [6, 6.07) is 6.72. The van der Waals surface area contributed by atoms with E-state index >= 15 is 0 Å². The third kappa shape index (κ3) is 26.1. The predicted molar refractivity (Wildman–Crippen MR) is 210 cm³/mol. The molecule has 1 heterocycles. The number of hydrogen-bond donors (Lipinski definition) is 8. The van der Waals surface area contributed by atoms with E-state index in [2.05, 4.69) is 27.7 Å². The van der Waals surface area contributed by atoms with E-state index in [1.54, 1.807) is 30.5 Å². The number of hydroxylamine groups is 2. The van der Waals surface area contributed by atoms with Crippen LogP contribution in [0.25, 0.3) is 0 Å². The molecule has 298 valence electrons. The Bertz CT molecular complexity index is 1030. The van der Waals surface area contributed by atoms with Crippen LogP contribution in [-0.2, 0) is 9.47 Å². The first kappa shape index (κ1) is 55.5. The van der Waals surface area contributed by atoms with Gasteiger partial charge in [0, 0.05) is 38.2 Å². The third-order valence-corrected chi connectivity index (χ3v) is 7.66. The van der Waals surface area contributed by atoms with Crippen LogP contribution in [0.5, 0.6) is 5.75 Å². The van der Waals surface area contributed by atoms with E-state index < -0.39 is 30.7 Å². The van der Waals surface area contributed by atoms with Crippen LogP contribution in [-0.4, -0.2) is 112 Å². The molecule has 9 N–H and O–H groups in total. The zero-order chi connectivity index (χ0) is 37.6. The number of anilines is 1. The summed E-state index contributed by atoms with van der Waals surface area (Å²) in [5.74, 6) is 5.88. The summed E-state index contributed by atoms with van der Waals surface area (Å²) in [5, 5.41) is 59.0. The summed E-state index contributed by atoms with van der Waals surface area (Å²) in [4.78, 5) is 4.46. The minimum absolute atomic E-state index is 0. The van der Waals surface area contributed by atoms with E-state index in [1.807, 2.05) is 27.7 Å². The van der Waals surface area contributed by atoms with E-state index in [1.165, 1.54) is 19.3 Å². The molecular weight excluding hydrogens is 716 g/mol. The standard InChI is InChI=1S/C31H54N6O8S.2C2H6.CH3.K/c1-2-3-4-9-20-43-21-10-5-7-17-33-22-24(36-32)11-6-8-18-34-31(46)35-23-12-14-25(15-13-23)44-30-29(40)28(39)27(38)26(45-30)16-19-37(41)42;2*1-2;;/h12-15,22,26-30,38-42H,2-11,16-21,32H2,1H3,(H2,34,35,46);2*1-2H3;1H3;/q;;;-1;+1/b33-22?,36-24-;;;;/t26?,27-,28?,29?,30+;;;;/m1..../s1. The van der Waals surface area contributed by atoms with Crippen molar-refractivity contribution in [3.8, 4) is 5.75 Å². The second kappa shape index (κ2) is 37.1. The van der Waals surface area contributed by atoms with Gasteiger partial charge in [-0.3, -0.25) is 15.4 Å². The van der Waals surface area contributed by atoms with Crippen LogP contribution < -0.4 is 72.6 Å². The average molecular weight is 785 g/mol. The van der Waals surface area contributed by atoms with E-state index in [4.69, 9.17) is 42.7 Å². The van der Waals surface area contributed by atoms with Crippen molar-refractivity contribution in [2.45, 2.75) is 136 Å². The quantitative estimate of drug-likeness (QED) is 0.0153. The van der Waals surface area contributed by atoms with E-state index in [9.17, 15) is 15.3 Å². The summed E-state index contributed by atoms with van der Waals surface area (Å²) < 4.78 is 16.9. The first-order valence-corrected chi connectivity index (χ1v) is 18.7. The van der Waals surface area contributed by atoms with Crippen molar-refractivity contribution in [1.82, 2.24) is 10.5 Å². The molecule has 1 aliphatic heterocycles. The van der Waals surface area contributed by atoms with Gasteiger partial charge in [0.2, 0.25) is 6.29 Å². The van der Waals surface area contributed by atoms with Gasteiger partial charge in [0.05, 0.1) is 18.4 Å². The van der Waals surface area contributed by atoms with Gasteiger partial charge in [0.1, 0.15) is 24.1 Å². The summed E-state index contributed by atoms with van der Waals surface area (Å²) in [7, 11) is 0. The number of hydrazone groups is 1. The fraction of sp³-hybridized carbons (Fsp3) is 0.722. The molecule has 1 saturated heterocycles. The van der Waals surface area contributed by atoms with Crippen molar-refractivity contribution in [3.63, 3.8) is 0 Å². The fourth-order valence-corrected chi connectivity index (χ4v) is 4.92. The maximum atomic E-state index is 10.3. The minimum atomic E-state index is -1.53. The Morgan fingerprint density at radius 1 is 0.923 bits per heavy atom. The second-order valence-corrected chi connectivity index (χ2v) is 11.7. The first-order chi connectivity index (χ1) is 24.2. The maximum absolute atomic E-state index is 10.3. The number of benzene rings is 1. The Hall–Kier alpha value is -0.834. The molecule has 1 aliphatic rings. The molecule has 0 radical (unpaired) electrons. The number of unbranched alkanes of at least 4 members (excludes halogenated alkanes) is 6. The van der Waals surface area contributed by atoms with Gasteiger partial charge in [-0.1, -0.05) is 59.1 Å². The summed E-state index contributed by atoms with van der Waals surface area (Å²) in [5.41, 5.74) is 1.48. The third-order valence-electron chi connectivity index (χ3n) is 7.42. The Morgan fingerprint density at radius 3 is 2.15 bits per heavy atom. The van der Waals surface area contributed by atoms with Crippen molar-refractivity contribution in [2.24, 2.45) is 15.9 Å². The van der Waals surface area contributed by atoms with Crippen molar-refractivity contribution in [3.05, 3.63) is 31.7 Å². The smallest absolute Gasteiger partial charge is 0.462 e. The van der Waals surface area contributed by atoms with Gasteiger partial charge in [-0.05, 0) is 87.8 Å². The molecule has 16 heteroatoms. The molecule has 3 unspecified atom stereocenters. The summed E-state index contributed by atoms with van der Waals surface area (Å²) in [6.45, 7) is 13.1. The minimum Gasteiger partial charge on any atom is -0.462 e. The zero-order valence-electron chi connectivity index (χ0n) is 32.9. The zero-order valence-corrected chi connectivity index (χ0v) is 36.8. The van der Waals surface area contributed by atoms with Crippen LogP contribution in [0.15, 0.2) is 34.4 Å². The maximum Gasteiger partial charge on any atom is 1.00 e. The number of hydrogen-bond acceptors (Lipinski definition) is 13. The number of aliphatic hydroxyl groups is 3. The van der Waals surface area contributed by atoms with Crippen molar-refractivity contribution in [1.29, 1.82) is 0 Å². The molecular formula is C36H69KN6O8S. The van der Waals surface area contributed by atoms with Gasteiger partial charge < -0.3 is 53.4 Å². The number of rotatable bonds is 23. The molecule has 1 aromatic rings. The number of aliphatic imine (C=N–C) groups is 1. The monoisotopic (exact) mass is 784 g/mol. The van der Waals surface area contributed by atoms with Gasteiger partial charge in [0.25, 0.3) is 0 Å². The number of aliphatic hydroxyl groups excluding tert-OH is 3. The van der Waals surface area contributed by atoms with Gasteiger partial charge in [-0.2, -0.15) is 5.10 Å². The van der Waals surface area contributed by atoms with E-state index in [-0.39, 0.29) is 77.0 Å². The van der Waals surface area contributed by atoms with Crippen LogP contribution in [0.1, 0.15) is 105 Å². The van der Waals surface area contributed by atoms with Crippen LogP contribution in [0.3, 0.4) is 0 Å². The van der Waals surface area contributed by atoms with E-state index in [0.29, 0.717) is 23.1 Å². The van der Waals surface area contributed by atoms with E-state index in [0.717, 1.165) is 70.4 Å². The number of nitrogens with zero attached hydrogens (tertiary/aromatic N) is 3. The van der Waals surface area contributed by atoms with Crippen molar-refractivity contribution < 1.29 is 91.3 Å². The van der Waals surface area contributed by atoms with Gasteiger partial charge in [-0.15, -0.1) is 0 Å². The molecule has 0 amide bonds. The molecule has 0 spiro atoms. The average Bonchev–Trinajstić information content (AvgIpc) is 3.13. The Morgan fingerprint density at radius 2 is 1.56 bits per heavy atom. The van der Waals surface area contributed by atoms with Crippen LogP contribution in [0, 0.1) is 7.43 Å². The first-order valence-electron chi connectivity index (χ1n) is 18.3. The predicted octanol–water partition coefficient (Wildman–Crippen LogP) is 2.46. The van der Waals surface area contributed by atoms with Crippen LogP contribution >= 0.6 is 12.2 Å². The number of nitrogens with one attached hydrogen (secondary N) is 2. The number of ether oxygens (including phenoxy) is 3. The number of thiocarbonyl (C=S) groups is 1. The Labute approximate surface area is 361 Å². The molecule has 1 fully saturated rings. The molecule has 0 bridgehead atoms. The SMILES string of the molecule is CC.CC.CCCCCCOCCCCCN=C/C(CCCCNC(=S)Nc1ccc(O[C@H]2OC(CCN(O)O)[C@@H](O)C(O)C2O)cc1)=N\N.[CH3-].[K+]. The Balaban J connectivity index is -0.00000386. The van der Waals surface area contributed by atoms with Gasteiger partial charge >= 0.3 is 51.4 Å². The fourth-order valence-electron chi connectivity index (χ4n) is 4.70. The summed E-state index contributed by atoms with van der Waals surface area (Å²) in [6.07, 6.45) is 5.61. The van der Waals surface area contributed by atoms with Gasteiger partial charge in [-0.25, -0.2) is 0 Å². The topological polar surface area (TPSA) is 207 Å². The molecule has 14 nitrogen and oxygen atoms in total. The van der Waals surface area contributed by atoms with Gasteiger partial charge in [0.15, 0.2) is 5.11 Å². The number of nitrogens with two attached hydrogens (primary N) is 1. The molecule has 0 aromatic heterocycles. The largest absolute Gasteiger partial charge is 1.00 e. The molecule has 0 aliphatic carbocycles. The molecule has 0 saturated carbocycles. The molecule has 52 heavy (non-hydrogen) atoms. The van der Waals surface area contributed by atoms with Crippen LogP contribution in [0.2, 0.25) is 0 Å². The van der Waals surface area contributed by atoms with Crippen molar-refractivity contribution >= 4 is 34.9 Å². The molecule has 2 rings (SSSR count). The normalized spacial score (nSPS) is 19.7. The Kier molecular flexibility index (Phi) is 39.6. The van der Waals surface area contributed by atoms with Crippen molar-refractivity contribution in [2.75, 3.05) is 38.2 Å². The molecule has 5 atom stereocenters. The summed E-state index contributed by atoms with van der Waals surface area (Å²) >= 11 is 5.39. The van der Waals surface area contributed by atoms with Crippen LogP contribution in [0.4, 0.5) is 5.69 Å². The second-order valence-electron chi connectivity index (χ2n) is 11.3. The molecule has 1 aromatic carbocycles.